The van der Waals surface area contributed by atoms with E-state index in [9.17, 15) is 5.11 Å². The highest BCUT2D eigenvalue weighted by molar-refractivity contribution is 4.84. The Morgan fingerprint density at radius 1 is 1.24 bits per heavy atom. The lowest BCUT2D eigenvalue weighted by atomic mass is 9.95. The van der Waals surface area contributed by atoms with Gasteiger partial charge in [-0.25, -0.2) is 0 Å². The van der Waals surface area contributed by atoms with Crippen molar-refractivity contribution >= 4 is 0 Å². The molecule has 2 atom stereocenters. The molecule has 0 saturated carbocycles. The number of unbranched alkanes of at least 4 members (excludes halogenated alkanes) is 2. The molecule has 104 valence electrons. The summed E-state index contributed by atoms with van der Waals surface area (Å²) < 4.78 is 5.77. The topological polar surface area (TPSA) is 41.5 Å². The van der Waals surface area contributed by atoms with Crippen LogP contribution in [0.3, 0.4) is 0 Å². The third-order valence-electron chi connectivity index (χ3n) is 3.04. The fourth-order valence-corrected chi connectivity index (χ4v) is 1.95. The predicted octanol–water partition coefficient (Wildman–Crippen LogP) is 2.72. The molecule has 0 aromatic carbocycles. The summed E-state index contributed by atoms with van der Waals surface area (Å²) in [5.74, 6) is 0. The number of nitrogens with one attached hydrogen (secondary N) is 1. The second-order valence-corrected chi connectivity index (χ2v) is 5.24. The minimum atomic E-state index is -0.208. The van der Waals surface area contributed by atoms with Crippen LogP contribution in [0.4, 0.5) is 0 Å². The lowest BCUT2D eigenvalue weighted by molar-refractivity contribution is 0.0264. The molecule has 3 nitrogen and oxygen atoms in total. The second kappa shape index (κ2) is 9.86. The van der Waals surface area contributed by atoms with Gasteiger partial charge in [0.1, 0.15) is 0 Å². The Hall–Kier alpha value is -0.120. The third kappa shape index (κ3) is 8.58. The van der Waals surface area contributed by atoms with Crippen molar-refractivity contribution in [2.24, 2.45) is 0 Å². The molecule has 2 unspecified atom stereocenters. The van der Waals surface area contributed by atoms with E-state index in [1.807, 2.05) is 0 Å². The van der Waals surface area contributed by atoms with Gasteiger partial charge in [0, 0.05) is 12.1 Å². The average Bonchev–Trinajstić information content (AvgIpc) is 2.32. The van der Waals surface area contributed by atoms with E-state index in [0.717, 1.165) is 32.4 Å². The molecule has 0 aliphatic heterocycles. The lowest BCUT2D eigenvalue weighted by Gasteiger charge is -2.31. The average molecular weight is 245 g/mol. The first-order valence-electron chi connectivity index (χ1n) is 7.05. The van der Waals surface area contributed by atoms with E-state index in [1.54, 1.807) is 0 Å². The lowest BCUT2D eigenvalue weighted by Crippen LogP contribution is -2.48. The fourth-order valence-electron chi connectivity index (χ4n) is 1.95. The Balaban J connectivity index is 3.83. The van der Waals surface area contributed by atoms with E-state index in [2.05, 4.69) is 33.0 Å². The van der Waals surface area contributed by atoms with Gasteiger partial charge in [-0.3, -0.25) is 0 Å². The number of hydrogen-bond donors (Lipinski definition) is 2. The third-order valence-corrected chi connectivity index (χ3v) is 3.04. The van der Waals surface area contributed by atoms with Crippen molar-refractivity contribution < 1.29 is 9.84 Å². The monoisotopic (exact) mass is 245 g/mol. The number of aliphatic hydroxyl groups is 1. The first kappa shape index (κ1) is 16.9. The van der Waals surface area contributed by atoms with Gasteiger partial charge in [0.2, 0.25) is 0 Å². The second-order valence-electron chi connectivity index (χ2n) is 5.24. The minimum Gasteiger partial charge on any atom is -0.394 e. The van der Waals surface area contributed by atoms with Crippen molar-refractivity contribution in [2.45, 2.75) is 71.4 Å². The highest BCUT2D eigenvalue weighted by atomic mass is 16.5. The molecule has 17 heavy (non-hydrogen) atoms. The summed E-state index contributed by atoms with van der Waals surface area (Å²) in [7, 11) is 0. The van der Waals surface area contributed by atoms with Crippen LogP contribution in [0.5, 0.6) is 0 Å². The number of aliphatic hydroxyl groups excluding tert-OH is 1. The Morgan fingerprint density at radius 2 is 1.94 bits per heavy atom. The zero-order valence-corrected chi connectivity index (χ0v) is 12.1. The van der Waals surface area contributed by atoms with Crippen LogP contribution >= 0.6 is 0 Å². The van der Waals surface area contributed by atoms with Gasteiger partial charge in [0.25, 0.3) is 0 Å². The van der Waals surface area contributed by atoms with Gasteiger partial charge in [-0.1, -0.05) is 26.7 Å². The van der Waals surface area contributed by atoms with Crippen molar-refractivity contribution in [3.05, 3.63) is 0 Å². The van der Waals surface area contributed by atoms with E-state index in [4.69, 9.17) is 4.74 Å². The molecule has 0 spiro atoms. The SMILES string of the molecule is CCCCCOC(C)CC(C)(CO)NCCC. The molecule has 0 saturated heterocycles. The van der Waals surface area contributed by atoms with Crippen molar-refractivity contribution in [3.8, 4) is 0 Å². The first-order chi connectivity index (χ1) is 8.08. The van der Waals surface area contributed by atoms with Gasteiger partial charge in [0.05, 0.1) is 12.7 Å². The van der Waals surface area contributed by atoms with Crippen LogP contribution in [0.1, 0.15) is 59.8 Å². The molecular weight excluding hydrogens is 214 g/mol. The van der Waals surface area contributed by atoms with Gasteiger partial charge >= 0.3 is 0 Å². The summed E-state index contributed by atoms with van der Waals surface area (Å²) in [5, 5.41) is 12.9. The maximum absolute atomic E-state index is 9.45. The van der Waals surface area contributed by atoms with Crippen LogP contribution < -0.4 is 5.32 Å². The Morgan fingerprint density at radius 3 is 2.47 bits per heavy atom. The molecule has 0 bridgehead atoms. The normalized spacial score (nSPS) is 16.8. The molecular formula is C14H31NO2. The zero-order chi connectivity index (χ0) is 13.1. The highest BCUT2D eigenvalue weighted by Crippen LogP contribution is 2.14. The summed E-state index contributed by atoms with van der Waals surface area (Å²) in [6, 6.07) is 0. The van der Waals surface area contributed by atoms with Gasteiger partial charge in [-0.2, -0.15) is 0 Å². The first-order valence-corrected chi connectivity index (χ1v) is 7.05. The van der Waals surface area contributed by atoms with Crippen LogP contribution in [0.15, 0.2) is 0 Å². The van der Waals surface area contributed by atoms with Crippen LogP contribution in [0.25, 0.3) is 0 Å². The summed E-state index contributed by atoms with van der Waals surface area (Å²) in [6.45, 7) is 10.4. The Kier molecular flexibility index (Phi) is 9.79. The van der Waals surface area contributed by atoms with Crippen molar-refractivity contribution in [3.63, 3.8) is 0 Å². The molecule has 0 aromatic heterocycles. The number of ether oxygens (including phenoxy) is 1. The zero-order valence-electron chi connectivity index (χ0n) is 12.1. The van der Waals surface area contributed by atoms with E-state index in [0.29, 0.717) is 0 Å². The van der Waals surface area contributed by atoms with Gasteiger partial charge in [0.15, 0.2) is 0 Å². The van der Waals surface area contributed by atoms with Gasteiger partial charge < -0.3 is 15.2 Å². The minimum absolute atomic E-state index is 0.162. The molecule has 0 fully saturated rings. The quantitative estimate of drug-likeness (QED) is 0.550. The molecule has 0 aromatic rings. The Bertz CT molecular complexity index is 176. The van der Waals surface area contributed by atoms with Gasteiger partial charge in [-0.15, -0.1) is 0 Å². The standard InChI is InChI=1S/C14H31NO2/c1-5-7-8-10-17-13(3)11-14(4,12-16)15-9-6-2/h13,15-16H,5-12H2,1-4H3. The summed E-state index contributed by atoms with van der Waals surface area (Å²) in [4.78, 5) is 0. The molecule has 0 rings (SSSR count). The summed E-state index contributed by atoms with van der Waals surface area (Å²) >= 11 is 0. The highest BCUT2D eigenvalue weighted by Gasteiger charge is 2.25. The molecule has 3 heteroatoms. The van der Waals surface area contributed by atoms with E-state index >= 15 is 0 Å². The molecule has 0 amide bonds. The Labute approximate surface area is 107 Å². The summed E-state index contributed by atoms with van der Waals surface area (Å²) in [5.41, 5.74) is -0.208. The molecule has 0 radical (unpaired) electrons. The largest absolute Gasteiger partial charge is 0.394 e. The molecule has 0 aliphatic rings. The van der Waals surface area contributed by atoms with E-state index in [-0.39, 0.29) is 18.2 Å². The smallest absolute Gasteiger partial charge is 0.0611 e. The fraction of sp³-hybridized carbons (Fsp3) is 1.00. The van der Waals surface area contributed by atoms with Crippen LogP contribution in [-0.2, 0) is 4.74 Å². The summed E-state index contributed by atoms with van der Waals surface area (Å²) in [6.07, 6.45) is 5.74. The van der Waals surface area contributed by atoms with E-state index < -0.39 is 0 Å². The molecule has 0 aliphatic carbocycles. The van der Waals surface area contributed by atoms with Crippen LogP contribution in [0, 0.1) is 0 Å². The van der Waals surface area contributed by atoms with Crippen molar-refractivity contribution in [2.75, 3.05) is 19.8 Å². The maximum Gasteiger partial charge on any atom is 0.0611 e. The molecule has 0 heterocycles. The van der Waals surface area contributed by atoms with Crippen molar-refractivity contribution in [1.82, 2.24) is 5.32 Å². The van der Waals surface area contributed by atoms with Crippen LogP contribution in [0.2, 0.25) is 0 Å². The van der Waals surface area contributed by atoms with Crippen molar-refractivity contribution in [1.29, 1.82) is 0 Å². The van der Waals surface area contributed by atoms with Crippen LogP contribution in [-0.4, -0.2) is 36.5 Å². The maximum atomic E-state index is 9.45. The van der Waals surface area contributed by atoms with Gasteiger partial charge in [-0.05, 0) is 39.7 Å². The number of hydrogen-bond acceptors (Lipinski definition) is 3. The number of rotatable bonds is 11. The predicted molar refractivity (Wildman–Crippen MR) is 73.3 cm³/mol. The molecule has 2 N–H and O–H groups in total. The van der Waals surface area contributed by atoms with E-state index in [1.165, 1.54) is 12.8 Å².